The van der Waals surface area contributed by atoms with Gasteiger partial charge in [0.05, 0.1) is 19.9 Å². The molecule has 0 aliphatic carbocycles. The zero-order valence-corrected chi connectivity index (χ0v) is 18.3. The highest BCUT2D eigenvalue weighted by Gasteiger charge is 2.22. The molecule has 0 amide bonds. The summed E-state index contributed by atoms with van der Waals surface area (Å²) in [6, 6.07) is 15.3. The summed E-state index contributed by atoms with van der Waals surface area (Å²) >= 11 is 0. The number of rotatable bonds is 4. The summed E-state index contributed by atoms with van der Waals surface area (Å²) in [6.07, 6.45) is 0. The molecule has 3 nitrogen and oxygen atoms in total. The van der Waals surface area contributed by atoms with E-state index in [4.69, 9.17) is 9.47 Å². The Hall–Kier alpha value is -2.68. The summed E-state index contributed by atoms with van der Waals surface area (Å²) in [4.78, 5) is 2.09. The molecule has 3 aromatic rings. The summed E-state index contributed by atoms with van der Waals surface area (Å²) in [5.74, 6) is 1.83. The lowest BCUT2D eigenvalue weighted by molar-refractivity contribution is 0.397. The maximum Gasteiger partial charge on any atom is 0.142 e. The minimum atomic E-state index is -0.00358. The maximum absolute atomic E-state index is 5.69. The molecule has 3 rings (SSSR count). The minimum absolute atomic E-state index is 0.00358. The number of hydrogen-bond acceptors (Lipinski definition) is 3. The Morgan fingerprint density at radius 1 is 0.821 bits per heavy atom. The number of benzene rings is 3. The molecular weight excluding hydrogens is 346 g/mol. The van der Waals surface area contributed by atoms with Gasteiger partial charge in [-0.1, -0.05) is 39.0 Å². The SMILES string of the molecule is COc1cc2cccc(-c3cc(C(C)(C)C)c(OC)cc3C)c2cc1N(C)C. The van der Waals surface area contributed by atoms with E-state index in [0.717, 1.165) is 17.2 Å². The van der Waals surface area contributed by atoms with Crippen LogP contribution in [0.3, 0.4) is 0 Å². The predicted molar refractivity (Wildman–Crippen MR) is 120 cm³/mol. The average Bonchev–Trinajstić information content (AvgIpc) is 2.65. The van der Waals surface area contributed by atoms with E-state index in [2.05, 4.69) is 75.1 Å². The Kier molecular flexibility index (Phi) is 5.29. The van der Waals surface area contributed by atoms with Gasteiger partial charge in [0.15, 0.2) is 0 Å². The molecule has 0 radical (unpaired) electrons. The third-order valence-corrected chi connectivity index (χ3v) is 5.31. The molecule has 0 spiro atoms. The summed E-state index contributed by atoms with van der Waals surface area (Å²) < 4.78 is 11.3. The highest BCUT2D eigenvalue weighted by Crippen LogP contribution is 2.41. The molecule has 3 heteroatoms. The second-order valence-corrected chi connectivity index (χ2v) is 8.56. The summed E-state index contributed by atoms with van der Waals surface area (Å²) in [6.45, 7) is 8.83. The smallest absolute Gasteiger partial charge is 0.142 e. The van der Waals surface area contributed by atoms with Crippen LogP contribution in [-0.4, -0.2) is 28.3 Å². The zero-order chi connectivity index (χ0) is 20.6. The molecule has 0 bridgehead atoms. The van der Waals surface area contributed by atoms with Crippen molar-refractivity contribution in [3.8, 4) is 22.6 Å². The van der Waals surface area contributed by atoms with E-state index in [0.29, 0.717) is 0 Å². The number of hydrogen-bond donors (Lipinski definition) is 0. The number of fused-ring (bicyclic) bond motifs is 1. The predicted octanol–water partition coefficient (Wildman–Crippen LogP) is 6.20. The molecule has 0 unspecified atom stereocenters. The van der Waals surface area contributed by atoms with Crippen LogP contribution in [0.1, 0.15) is 31.9 Å². The lowest BCUT2D eigenvalue weighted by Gasteiger charge is -2.25. The van der Waals surface area contributed by atoms with E-state index < -0.39 is 0 Å². The van der Waals surface area contributed by atoms with Crippen molar-refractivity contribution in [3.63, 3.8) is 0 Å². The van der Waals surface area contributed by atoms with Crippen molar-refractivity contribution in [1.29, 1.82) is 0 Å². The summed E-state index contributed by atoms with van der Waals surface area (Å²) in [5, 5.41) is 2.40. The van der Waals surface area contributed by atoms with Crippen molar-refractivity contribution in [2.75, 3.05) is 33.2 Å². The van der Waals surface area contributed by atoms with Crippen molar-refractivity contribution in [1.82, 2.24) is 0 Å². The highest BCUT2D eigenvalue weighted by atomic mass is 16.5. The Morgan fingerprint density at radius 2 is 1.50 bits per heavy atom. The molecule has 3 aromatic carbocycles. The third-order valence-electron chi connectivity index (χ3n) is 5.31. The Morgan fingerprint density at radius 3 is 2.07 bits per heavy atom. The van der Waals surface area contributed by atoms with Gasteiger partial charge in [0.25, 0.3) is 0 Å². The minimum Gasteiger partial charge on any atom is -0.496 e. The van der Waals surface area contributed by atoms with E-state index in [1.165, 1.54) is 33.0 Å². The Bertz CT molecular complexity index is 1010. The number of aryl methyl sites for hydroxylation is 1. The van der Waals surface area contributed by atoms with Gasteiger partial charge in [0.1, 0.15) is 11.5 Å². The van der Waals surface area contributed by atoms with Crippen LogP contribution < -0.4 is 14.4 Å². The molecule has 0 aliphatic heterocycles. The molecule has 0 aliphatic rings. The normalized spacial score (nSPS) is 11.6. The van der Waals surface area contributed by atoms with E-state index in [-0.39, 0.29) is 5.41 Å². The van der Waals surface area contributed by atoms with Gasteiger partial charge in [-0.3, -0.25) is 0 Å². The Balaban J connectivity index is 2.34. The van der Waals surface area contributed by atoms with Crippen LogP contribution in [0.2, 0.25) is 0 Å². The quantitative estimate of drug-likeness (QED) is 0.540. The van der Waals surface area contributed by atoms with Gasteiger partial charge >= 0.3 is 0 Å². The fourth-order valence-electron chi connectivity index (χ4n) is 3.77. The van der Waals surface area contributed by atoms with Crippen molar-refractivity contribution in [2.45, 2.75) is 33.1 Å². The van der Waals surface area contributed by atoms with E-state index >= 15 is 0 Å². The van der Waals surface area contributed by atoms with Gasteiger partial charge in [-0.15, -0.1) is 0 Å². The number of methoxy groups -OCH3 is 2. The van der Waals surface area contributed by atoms with Crippen LogP contribution >= 0.6 is 0 Å². The first-order valence-corrected chi connectivity index (χ1v) is 9.65. The van der Waals surface area contributed by atoms with Crippen molar-refractivity contribution < 1.29 is 9.47 Å². The standard InChI is InChI=1S/C25H31NO2/c1-16-12-23(27-7)21(25(2,3)4)14-19(16)18-11-9-10-17-13-24(28-8)22(26(5)6)15-20(17)18/h9-15H,1-8H3. The monoisotopic (exact) mass is 377 g/mol. The number of nitrogens with zero attached hydrogens (tertiary/aromatic N) is 1. The van der Waals surface area contributed by atoms with Gasteiger partial charge in [-0.2, -0.15) is 0 Å². The number of anilines is 1. The summed E-state index contributed by atoms with van der Waals surface area (Å²) in [7, 11) is 7.56. The topological polar surface area (TPSA) is 21.7 Å². The van der Waals surface area contributed by atoms with Crippen LogP contribution in [-0.2, 0) is 5.41 Å². The molecule has 148 valence electrons. The first-order valence-electron chi connectivity index (χ1n) is 9.65. The van der Waals surface area contributed by atoms with Gasteiger partial charge in [-0.05, 0) is 64.1 Å². The van der Waals surface area contributed by atoms with Crippen molar-refractivity contribution >= 4 is 16.5 Å². The first kappa shape index (κ1) is 20.1. The van der Waals surface area contributed by atoms with E-state index in [9.17, 15) is 0 Å². The van der Waals surface area contributed by atoms with Gasteiger partial charge < -0.3 is 14.4 Å². The van der Waals surface area contributed by atoms with Crippen LogP contribution in [0.25, 0.3) is 21.9 Å². The number of ether oxygens (including phenoxy) is 2. The van der Waals surface area contributed by atoms with Gasteiger partial charge in [0.2, 0.25) is 0 Å². The zero-order valence-electron chi connectivity index (χ0n) is 18.3. The largest absolute Gasteiger partial charge is 0.496 e. The molecule has 0 saturated heterocycles. The molecule has 0 atom stereocenters. The van der Waals surface area contributed by atoms with Crippen LogP contribution in [0, 0.1) is 6.92 Å². The molecule has 0 saturated carbocycles. The van der Waals surface area contributed by atoms with Gasteiger partial charge in [-0.25, -0.2) is 0 Å². The lowest BCUT2D eigenvalue weighted by atomic mass is 9.82. The van der Waals surface area contributed by atoms with Crippen LogP contribution in [0.5, 0.6) is 11.5 Å². The molecule has 0 N–H and O–H groups in total. The fourth-order valence-corrected chi connectivity index (χ4v) is 3.77. The van der Waals surface area contributed by atoms with E-state index in [1.54, 1.807) is 14.2 Å². The average molecular weight is 378 g/mol. The van der Waals surface area contributed by atoms with Crippen molar-refractivity contribution in [3.05, 3.63) is 53.6 Å². The van der Waals surface area contributed by atoms with E-state index in [1.807, 2.05) is 14.1 Å². The molecule has 0 fully saturated rings. The fraction of sp³-hybridized carbons (Fsp3) is 0.360. The first-order chi connectivity index (χ1) is 13.2. The van der Waals surface area contributed by atoms with Crippen LogP contribution in [0.15, 0.2) is 42.5 Å². The lowest BCUT2D eigenvalue weighted by Crippen LogP contribution is -2.13. The van der Waals surface area contributed by atoms with Gasteiger partial charge in [0, 0.05) is 19.7 Å². The highest BCUT2D eigenvalue weighted by molar-refractivity contribution is 6.00. The van der Waals surface area contributed by atoms with Crippen molar-refractivity contribution in [2.24, 2.45) is 0 Å². The summed E-state index contributed by atoms with van der Waals surface area (Å²) in [5.41, 5.74) is 5.97. The molecule has 28 heavy (non-hydrogen) atoms. The maximum atomic E-state index is 5.69. The second-order valence-electron chi connectivity index (χ2n) is 8.56. The second kappa shape index (κ2) is 7.38. The van der Waals surface area contributed by atoms with Crippen LogP contribution in [0.4, 0.5) is 5.69 Å². The molecule has 0 aromatic heterocycles. The molecular formula is C25H31NO2. The third kappa shape index (κ3) is 3.54. The molecule has 0 heterocycles. The Labute approximate surface area is 168 Å².